The lowest BCUT2D eigenvalue weighted by Crippen LogP contribution is -2.46. The third kappa shape index (κ3) is 6.14. The van der Waals surface area contributed by atoms with Gasteiger partial charge in [0.15, 0.2) is 5.65 Å². The number of halogens is 6. The van der Waals surface area contributed by atoms with E-state index in [0.29, 0.717) is 34.4 Å². The average Bonchev–Trinajstić information content (AvgIpc) is 3.31. The number of likely N-dealkylation sites (tertiary alicyclic amines) is 1. The van der Waals surface area contributed by atoms with Crippen LogP contribution in [0.25, 0.3) is 5.65 Å². The molecule has 1 aliphatic rings. The van der Waals surface area contributed by atoms with Crippen molar-refractivity contribution in [3.8, 4) is 17.6 Å². The molecule has 0 spiro atoms. The molecule has 14 heteroatoms. The zero-order valence-corrected chi connectivity index (χ0v) is 22.4. The fourth-order valence-electron chi connectivity index (χ4n) is 4.51. The van der Waals surface area contributed by atoms with E-state index in [2.05, 4.69) is 32.8 Å². The van der Waals surface area contributed by atoms with Gasteiger partial charge < -0.3 is 25.6 Å². The molecule has 8 nitrogen and oxygen atoms in total. The number of amides is 1. The Hall–Kier alpha value is -4.12. The predicted molar refractivity (Wildman–Crippen MR) is 141 cm³/mol. The second kappa shape index (κ2) is 11.8. The number of methoxy groups -OCH3 is 1. The topological polar surface area (TPSA) is 82.9 Å². The zero-order valence-electron chi connectivity index (χ0n) is 22.4. The molecule has 1 aromatic carbocycles. The normalized spacial score (nSPS) is 18.0. The lowest BCUT2D eigenvalue weighted by molar-refractivity contribution is -0.291. The first kappa shape index (κ1) is 29.9. The third-order valence-electron chi connectivity index (χ3n) is 6.65. The summed E-state index contributed by atoms with van der Waals surface area (Å²) in [6, 6.07) is 6.57. The number of rotatable bonds is 7. The summed E-state index contributed by atoms with van der Waals surface area (Å²) >= 11 is 0. The van der Waals surface area contributed by atoms with Gasteiger partial charge in [0.1, 0.15) is 23.3 Å². The molecule has 3 N–H and O–H groups in total. The number of nitrogens with zero attached hydrogens (tertiary/aromatic N) is 3. The number of pyridine rings is 1. The summed E-state index contributed by atoms with van der Waals surface area (Å²) in [4.78, 5) is 17.7. The van der Waals surface area contributed by atoms with Crippen molar-refractivity contribution >= 4 is 22.9 Å². The number of aromatic nitrogens is 2. The average molecular weight is 583 g/mol. The number of ether oxygens (including phenoxy) is 1. The van der Waals surface area contributed by atoms with Crippen LogP contribution in [0.5, 0.6) is 5.75 Å². The van der Waals surface area contributed by atoms with Gasteiger partial charge >= 0.3 is 12.1 Å². The Bertz CT molecular complexity index is 1480. The minimum absolute atomic E-state index is 0.107. The monoisotopic (exact) mass is 582 g/mol. The van der Waals surface area contributed by atoms with E-state index in [1.54, 1.807) is 18.0 Å². The van der Waals surface area contributed by atoms with E-state index in [-0.39, 0.29) is 30.3 Å². The van der Waals surface area contributed by atoms with Crippen LogP contribution in [-0.2, 0) is 5.92 Å². The molecule has 1 amide bonds. The molecule has 0 radical (unpaired) electrons. The Morgan fingerprint density at radius 1 is 1.20 bits per heavy atom. The van der Waals surface area contributed by atoms with E-state index in [4.69, 9.17) is 4.74 Å². The maximum absolute atomic E-state index is 14.8. The van der Waals surface area contributed by atoms with Gasteiger partial charge in [0.05, 0.1) is 31.1 Å². The fraction of sp³-hybridized carbons (Fsp3) is 0.407. The third-order valence-corrected chi connectivity index (χ3v) is 6.65. The molecule has 2 atom stereocenters. The van der Waals surface area contributed by atoms with Crippen molar-refractivity contribution in [2.24, 2.45) is 0 Å². The van der Waals surface area contributed by atoms with E-state index in [1.165, 1.54) is 38.4 Å². The van der Waals surface area contributed by atoms with Crippen LogP contribution in [0.1, 0.15) is 28.2 Å². The standard InChI is InChI=1S/C27H28F6N6O2/c1-34-25(40)16-8-9-19(22(14-16)41-3)35-11-4-6-20-23(26(29,30)27(31,32)33)39-12-5-7-21(24(39)37-20)36-18-10-13-38(2)15-17(18)28/h5,7-9,12,14,17-18,35-36H,10-11,13,15H2,1-3H3,(H,34,40)/t17-,18+/m0/s1. The number of imidazole rings is 1. The van der Waals surface area contributed by atoms with Crippen molar-refractivity contribution in [1.29, 1.82) is 0 Å². The van der Waals surface area contributed by atoms with Crippen LogP contribution >= 0.6 is 0 Å². The van der Waals surface area contributed by atoms with Crippen molar-refractivity contribution in [3.05, 3.63) is 53.5 Å². The summed E-state index contributed by atoms with van der Waals surface area (Å²) < 4.78 is 90.6. The van der Waals surface area contributed by atoms with Crippen molar-refractivity contribution in [2.45, 2.75) is 30.7 Å². The molecule has 4 rings (SSSR count). The van der Waals surface area contributed by atoms with Gasteiger partial charge in [-0.15, -0.1) is 0 Å². The number of carbonyl (C=O) groups excluding carboxylic acids is 1. The Kier molecular flexibility index (Phi) is 8.58. The molecule has 1 aliphatic heterocycles. The number of fused-ring (bicyclic) bond motifs is 1. The van der Waals surface area contributed by atoms with E-state index in [1.807, 2.05) is 0 Å². The van der Waals surface area contributed by atoms with E-state index in [0.717, 1.165) is 6.20 Å². The van der Waals surface area contributed by atoms with Gasteiger partial charge in [-0.3, -0.25) is 9.20 Å². The number of nitrogens with one attached hydrogen (secondary N) is 3. The molecule has 1 saturated heterocycles. The van der Waals surface area contributed by atoms with Crippen LogP contribution in [-0.4, -0.2) is 79.4 Å². The number of hydrogen-bond donors (Lipinski definition) is 3. The molecule has 0 unspecified atom stereocenters. The molecule has 3 aromatic rings. The number of anilines is 2. The second-order valence-corrected chi connectivity index (χ2v) is 9.46. The second-order valence-electron chi connectivity index (χ2n) is 9.46. The summed E-state index contributed by atoms with van der Waals surface area (Å²) in [6.07, 6.45) is -5.77. The van der Waals surface area contributed by atoms with Gasteiger partial charge in [-0.1, -0.05) is 5.92 Å². The smallest absolute Gasteiger partial charge is 0.459 e. The quantitative estimate of drug-likeness (QED) is 0.285. The molecule has 3 heterocycles. The summed E-state index contributed by atoms with van der Waals surface area (Å²) in [6.45, 7) is 0.552. The van der Waals surface area contributed by atoms with Crippen LogP contribution < -0.4 is 20.7 Å². The predicted octanol–water partition coefficient (Wildman–Crippen LogP) is 4.27. The van der Waals surface area contributed by atoms with Crippen molar-refractivity contribution < 1.29 is 35.9 Å². The lowest BCUT2D eigenvalue weighted by Gasteiger charge is -2.33. The van der Waals surface area contributed by atoms with Crippen molar-refractivity contribution in [2.75, 3.05) is 51.5 Å². The van der Waals surface area contributed by atoms with Gasteiger partial charge in [-0.25, -0.2) is 9.37 Å². The Morgan fingerprint density at radius 3 is 2.61 bits per heavy atom. The van der Waals surface area contributed by atoms with E-state index >= 15 is 0 Å². The first-order chi connectivity index (χ1) is 19.4. The maximum Gasteiger partial charge on any atom is 0.459 e. The summed E-state index contributed by atoms with van der Waals surface area (Å²) in [5.41, 5.74) is -1.60. The first-order valence-corrected chi connectivity index (χ1v) is 12.6. The molecular weight excluding hydrogens is 554 g/mol. The number of carbonyl (C=O) groups is 1. The van der Waals surface area contributed by atoms with Gasteiger partial charge in [-0.05, 0) is 49.7 Å². The number of piperidine rings is 1. The molecule has 2 aromatic heterocycles. The number of hydrogen-bond acceptors (Lipinski definition) is 6. The highest BCUT2D eigenvalue weighted by Crippen LogP contribution is 2.45. The highest BCUT2D eigenvalue weighted by atomic mass is 19.4. The molecule has 0 bridgehead atoms. The largest absolute Gasteiger partial charge is 0.495 e. The van der Waals surface area contributed by atoms with Gasteiger partial charge in [0, 0.05) is 31.9 Å². The highest BCUT2D eigenvalue weighted by Gasteiger charge is 2.61. The van der Waals surface area contributed by atoms with Crippen LogP contribution in [0.3, 0.4) is 0 Å². The Balaban J connectivity index is 1.67. The molecule has 220 valence electrons. The van der Waals surface area contributed by atoms with Crippen LogP contribution in [0.2, 0.25) is 0 Å². The van der Waals surface area contributed by atoms with Crippen LogP contribution in [0.4, 0.5) is 37.7 Å². The summed E-state index contributed by atoms with van der Waals surface area (Å²) in [5.74, 6) is -0.465. The molecule has 0 aliphatic carbocycles. The minimum Gasteiger partial charge on any atom is -0.495 e. The fourth-order valence-corrected chi connectivity index (χ4v) is 4.51. The van der Waals surface area contributed by atoms with E-state index < -0.39 is 35.7 Å². The summed E-state index contributed by atoms with van der Waals surface area (Å²) in [7, 11) is 4.61. The Labute approximate surface area is 232 Å². The van der Waals surface area contributed by atoms with Gasteiger partial charge in [0.2, 0.25) is 0 Å². The van der Waals surface area contributed by atoms with E-state index in [9.17, 15) is 31.1 Å². The van der Waals surface area contributed by atoms with Gasteiger partial charge in [0.25, 0.3) is 5.91 Å². The van der Waals surface area contributed by atoms with Crippen LogP contribution in [0, 0.1) is 11.8 Å². The summed E-state index contributed by atoms with van der Waals surface area (Å²) in [5, 5.41) is 8.29. The zero-order chi connectivity index (χ0) is 29.9. The number of benzene rings is 1. The van der Waals surface area contributed by atoms with Crippen molar-refractivity contribution in [3.63, 3.8) is 0 Å². The first-order valence-electron chi connectivity index (χ1n) is 12.6. The van der Waals surface area contributed by atoms with Crippen molar-refractivity contribution in [1.82, 2.24) is 19.6 Å². The lowest BCUT2D eigenvalue weighted by atomic mass is 10.0. The SMILES string of the molecule is CNC(=O)c1ccc(NCC#Cc2nc3c(N[C@@H]4CCN(C)C[C@@H]4F)cccn3c2C(F)(F)C(F)(F)F)c(OC)c1. The molecule has 1 fully saturated rings. The molecule has 0 saturated carbocycles. The number of alkyl halides is 6. The molecule has 41 heavy (non-hydrogen) atoms. The minimum atomic E-state index is -5.92. The molecular formula is C27H28F6N6O2. The van der Waals surface area contributed by atoms with Crippen LogP contribution in [0.15, 0.2) is 36.5 Å². The highest BCUT2D eigenvalue weighted by molar-refractivity contribution is 5.95. The Morgan fingerprint density at radius 2 is 1.95 bits per heavy atom. The van der Waals surface area contributed by atoms with Gasteiger partial charge in [-0.2, -0.15) is 22.0 Å². The maximum atomic E-state index is 14.8.